The van der Waals surface area contributed by atoms with Gasteiger partial charge < -0.3 is 5.73 Å². The van der Waals surface area contributed by atoms with Crippen molar-refractivity contribution in [3.8, 4) is 11.3 Å². The maximum Gasteiger partial charge on any atom is 0.153 e. The minimum absolute atomic E-state index is 0.189. The molecule has 0 unspecified atom stereocenters. The average Bonchev–Trinajstić information content (AvgIpc) is 2.30. The summed E-state index contributed by atoms with van der Waals surface area (Å²) in [6.07, 6.45) is 1.58. The van der Waals surface area contributed by atoms with Gasteiger partial charge in [0.1, 0.15) is 5.69 Å². The van der Waals surface area contributed by atoms with E-state index in [-0.39, 0.29) is 12.4 Å². The van der Waals surface area contributed by atoms with Gasteiger partial charge >= 0.3 is 0 Å². The van der Waals surface area contributed by atoms with Crippen LogP contribution in [0.4, 0.5) is 4.39 Å². The van der Waals surface area contributed by atoms with Crippen molar-refractivity contribution in [2.24, 2.45) is 5.73 Å². The van der Waals surface area contributed by atoms with E-state index >= 15 is 0 Å². The first-order valence-corrected chi connectivity index (χ1v) is 4.72. The number of nitrogens with zero attached hydrogens (tertiary/aromatic N) is 1. The Morgan fingerprint density at radius 2 is 1.87 bits per heavy atom. The molecule has 15 heavy (non-hydrogen) atoms. The van der Waals surface area contributed by atoms with E-state index in [0.717, 1.165) is 5.56 Å². The van der Waals surface area contributed by atoms with Gasteiger partial charge in [-0.15, -0.1) is 0 Å². The highest BCUT2D eigenvalue weighted by molar-refractivity contribution is 5.60. The molecule has 0 saturated heterocycles. The highest BCUT2D eigenvalue weighted by atomic mass is 19.1. The number of hydrogen-bond donors (Lipinski definition) is 1. The minimum atomic E-state index is -0.328. The van der Waals surface area contributed by atoms with E-state index in [2.05, 4.69) is 4.98 Å². The van der Waals surface area contributed by atoms with Crippen LogP contribution in [0.5, 0.6) is 0 Å². The molecule has 2 aromatic rings. The predicted molar refractivity (Wildman–Crippen MR) is 57.5 cm³/mol. The molecule has 0 aliphatic rings. The molecule has 1 heterocycles. The van der Waals surface area contributed by atoms with Gasteiger partial charge in [-0.05, 0) is 6.07 Å². The largest absolute Gasteiger partial charge is 0.326 e. The van der Waals surface area contributed by atoms with Gasteiger partial charge in [0.15, 0.2) is 5.82 Å². The molecule has 0 spiro atoms. The maximum absolute atomic E-state index is 13.8. The monoisotopic (exact) mass is 202 g/mol. The van der Waals surface area contributed by atoms with Crippen LogP contribution in [0, 0.1) is 5.82 Å². The van der Waals surface area contributed by atoms with Gasteiger partial charge in [0, 0.05) is 23.9 Å². The zero-order chi connectivity index (χ0) is 10.7. The van der Waals surface area contributed by atoms with Crippen molar-refractivity contribution in [2.45, 2.75) is 6.54 Å². The summed E-state index contributed by atoms with van der Waals surface area (Å²) in [6.45, 7) is 0.189. The van der Waals surface area contributed by atoms with Crippen molar-refractivity contribution in [1.29, 1.82) is 0 Å². The molecule has 0 aliphatic carbocycles. The lowest BCUT2D eigenvalue weighted by Crippen LogP contribution is -2.02. The molecular formula is C12H11FN2. The van der Waals surface area contributed by atoms with E-state index in [1.165, 1.54) is 0 Å². The SMILES string of the molecule is NCc1ccnc(-c2ccccc2)c1F. The van der Waals surface area contributed by atoms with Crippen LogP contribution in [0.2, 0.25) is 0 Å². The van der Waals surface area contributed by atoms with Crippen molar-refractivity contribution in [3.05, 3.63) is 54.0 Å². The number of pyridine rings is 1. The summed E-state index contributed by atoms with van der Waals surface area (Å²) in [5, 5.41) is 0. The zero-order valence-electron chi connectivity index (χ0n) is 8.15. The van der Waals surface area contributed by atoms with E-state index in [1.54, 1.807) is 12.3 Å². The molecule has 0 atom stereocenters. The number of benzene rings is 1. The first-order valence-electron chi connectivity index (χ1n) is 4.72. The highest BCUT2D eigenvalue weighted by Gasteiger charge is 2.09. The third-order valence-corrected chi connectivity index (χ3v) is 2.24. The van der Waals surface area contributed by atoms with E-state index in [0.29, 0.717) is 11.3 Å². The van der Waals surface area contributed by atoms with E-state index in [1.807, 2.05) is 30.3 Å². The van der Waals surface area contributed by atoms with Crippen LogP contribution in [0.1, 0.15) is 5.56 Å². The number of aromatic nitrogens is 1. The highest BCUT2D eigenvalue weighted by Crippen LogP contribution is 2.21. The van der Waals surface area contributed by atoms with Crippen LogP contribution in [0.3, 0.4) is 0 Å². The maximum atomic E-state index is 13.8. The standard InChI is InChI=1S/C12H11FN2/c13-11-10(8-14)6-7-15-12(11)9-4-2-1-3-5-9/h1-7H,8,14H2. The Bertz CT molecular complexity index is 454. The van der Waals surface area contributed by atoms with E-state index in [9.17, 15) is 4.39 Å². The molecule has 76 valence electrons. The fourth-order valence-corrected chi connectivity index (χ4v) is 1.44. The predicted octanol–water partition coefficient (Wildman–Crippen LogP) is 2.35. The molecule has 0 amide bonds. The molecule has 0 bridgehead atoms. The van der Waals surface area contributed by atoms with Crippen molar-refractivity contribution in [1.82, 2.24) is 4.98 Å². The Balaban J connectivity index is 2.54. The molecule has 0 fully saturated rings. The fraction of sp³-hybridized carbons (Fsp3) is 0.0833. The lowest BCUT2D eigenvalue weighted by Gasteiger charge is -2.05. The van der Waals surface area contributed by atoms with Crippen LogP contribution >= 0.6 is 0 Å². The summed E-state index contributed by atoms with van der Waals surface area (Å²) >= 11 is 0. The molecule has 0 saturated carbocycles. The van der Waals surface area contributed by atoms with Crippen LogP contribution in [-0.4, -0.2) is 4.98 Å². The molecule has 1 aromatic heterocycles. The van der Waals surface area contributed by atoms with Gasteiger partial charge in [-0.3, -0.25) is 4.98 Å². The second-order valence-electron chi connectivity index (χ2n) is 3.20. The molecule has 3 heteroatoms. The Labute approximate surface area is 87.6 Å². The first kappa shape index (κ1) is 9.80. The number of rotatable bonds is 2. The van der Waals surface area contributed by atoms with Crippen molar-refractivity contribution in [3.63, 3.8) is 0 Å². The Hall–Kier alpha value is -1.74. The van der Waals surface area contributed by atoms with E-state index < -0.39 is 0 Å². The number of hydrogen-bond acceptors (Lipinski definition) is 2. The van der Waals surface area contributed by atoms with Crippen molar-refractivity contribution in [2.75, 3.05) is 0 Å². The van der Waals surface area contributed by atoms with Crippen LogP contribution in [0.25, 0.3) is 11.3 Å². The molecule has 1 aromatic carbocycles. The number of halogens is 1. The van der Waals surface area contributed by atoms with Crippen LogP contribution < -0.4 is 5.73 Å². The zero-order valence-corrected chi connectivity index (χ0v) is 8.15. The lowest BCUT2D eigenvalue weighted by molar-refractivity contribution is 0.608. The van der Waals surface area contributed by atoms with Gasteiger partial charge in [-0.25, -0.2) is 4.39 Å². The van der Waals surface area contributed by atoms with Crippen molar-refractivity contribution < 1.29 is 4.39 Å². The van der Waals surface area contributed by atoms with Gasteiger partial charge in [0.05, 0.1) is 0 Å². The third-order valence-electron chi connectivity index (χ3n) is 2.24. The number of nitrogens with two attached hydrogens (primary N) is 1. The Morgan fingerprint density at radius 1 is 1.13 bits per heavy atom. The topological polar surface area (TPSA) is 38.9 Å². The summed E-state index contributed by atoms with van der Waals surface area (Å²) < 4.78 is 13.8. The summed E-state index contributed by atoms with van der Waals surface area (Å²) in [6, 6.07) is 10.8. The molecule has 0 aliphatic heterocycles. The molecule has 2 N–H and O–H groups in total. The van der Waals surface area contributed by atoms with Gasteiger partial charge in [-0.1, -0.05) is 30.3 Å². The normalized spacial score (nSPS) is 10.3. The van der Waals surface area contributed by atoms with Gasteiger partial charge in [-0.2, -0.15) is 0 Å². The minimum Gasteiger partial charge on any atom is -0.326 e. The molecule has 2 nitrogen and oxygen atoms in total. The summed E-state index contributed by atoms with van der Waals surface area (Å²) in [4.78, 5) is 4.03. The molecule has 0 radical (unpaired) electrons. The summed E-state index contributed by atoms with van der Waals surface area (Å²) in [5.74, 6) is -0.328. The quantitative estimate of drug-likeness (QED) is 0.811. The van der Waals surface area contributed by atoms with Crippen LogP contribution in [0.15, 0.2) is 42.6 Å². The molecule has 2 rings (SSSR count). The second kappa shape index (κ2) is 4.19. The lowest BCUT2D eigenvalue weighted by atomic mass is 10.1. The first-order chi connectivity index (χ1) is 7.33. The summed E-state index contributed by atoms with van der Waals surface area (Å²) in [5.41, 5.74) is 7.05. The van der Waals surface area contributed by atoms with Gasteiger partial charge in [0.25, 0.3) is 0 Å². The summed E-state index contributed by atoms with van der Waals surface area (Å²) in [7, 11) is 0. The van der Waals surface area contributed by atoms with Crippen LogP contribution in [-0.2, 0) is 6.54 Å². The Kier molecular flexibility index (Phi) is 2.74. The molecular weight excluding hydrogens is 191 g/mol. The van der Waals surface area contributed by atoms with Crippen molar-refractivity contribution >= 4 is 0 Å². The smallest absolute Gasteiger partial charge is 0.153 e. The Morgan fingerprint density at radius 3 is 2.53 bits per heavy atom. The fourth-order valence-electron chi connectivity index (χ4n) is 1.44. The van der Waals surface area contributed by atoms with Gasteiger partial charge in [0.2, 0.25) is 0 Å². The third kappa shape index (κ3) is 1.87. The average molecular weight is 202 g/mol. The van der Waals surface area contributed by atoms with E-state index in [4.69, 9.17) is 5.73 Å². The second-order valence-corrected chi connectivity index (χ2v) is 3.20.